The van der Waals surface area contributed by atoms with E-state index < -0.39 is 15.8 Å². The monoisotopic (exact) mass is 422 g/mol. The van der Waals surface area contributed by atoms with E-state index in [4.69, 9.17) is 0 Å². The van der Waals surface area contributed by atoms with Gasteiger partial charge in [0.2, 0.25) is 11.6 Å². The van der Waals surface area contributed by atoms with E-state index in [2.05, 4.69) is 0 Å². The smallest absolute Gasteiger partial charge is 0.270 e. The molecule has 0 bridgehead atoms. The molecule has 2 heterocycles. The number of hydrogen-bond donors (Lipinski definition) is 0. The lowest BCUT2D eigenvalue weighted by atomic mass is 9.92. The van der Waals surface area contributed by atoms with E-state index in [0.717, 1.165) is 24.8 Å². The quantitative estimate of drug-likeness (QED) is 0.760. The minimum Gasteiger partial charge on any atom is -0.367 e. The number of para-hydroxylation sites is 1. The van der Waals surface area contributed by atoms with Crippen molar-refractivity contribution in [1.82, 2.24) is 4.90 Å². The summed E-state index contributed by atoms with van der Waals surface area (Å²) in [7, 11) is -4.21. The molecule has 1 fully saturated rings. The van der Waals surface area contributed by atoms with Crippen LogP contribution in [0.1, 0.15) is 45.5 Å². The minimum atomic E-state index is -4.21. The molecule has 0 spiro atoms. The number of nitrogens with zero attached hydrogens (tertiary/aromatic N) is 2. The first-order valence-corrected chi connectivity index (χ1v) is 11.7. The van der Waals surface area contributed by atoms with Gasteiger partial charge in [-0.3, -0.25) is 13.9 Å². The molecule has 2 aliphatic heterocycles. The van der Waals surface area contributed by atoms with Gasteiger partial charge in [0, 0.05) is 30.8 Å². The summed E-state index contributed by atoms with van der Waals surface area (Å²) in [6.45, 7) is 1.44. The van der Waals surface area contributed by atoms with Crippen LogP contribution in [0.2, 0.25) is 0 Å². The summed E-state index contributed by atoms with van der Waals surface area (Å²) in [6, 6.07) is 13.9. The van der Waals surface area contributed by atoms with Crippen LogP contribution < -0.4 is 4.31 Å². The molecule has 0 saturated carbocycles. The summed E-state index contributed by atoms with van der Waals surface area (Å²) in [5.41, 5.74) is 2.01. The zero-order chi connectivity index (χ0) is 20.9. The number of carbonyl (C=O) groups is 2. The van der Waals surface area contributed by atoms with Crippen LogP contribution in [0, 0.1) is 0 Å². The topological polar surface area (TPSA) is 74.8 Å². The van der Waals surface area contributed by atoms with Gasteiger partial charge in [-0.05, 0) is 37.3 Å². The highest BCUT2D eigenvalue weighted by atomic mass is 32.2. The van der Waals surface area contributed by atoms with Crippen LogP contribution in [-0.4, -0.2) is 44.5 Å². The van der Waals surface area contributed by atoms with E-state index in [1.165, 1.54) is 10.4 Å². The summed E-state index contributed by atoms with van der Waals surface area (Å²) in [6.07, 6.45) is 3.19. The molecule has 3 aliphatic rings. The lowest BCUT2D eigenvalue weighted by Crippen LogP contribution is -2.42. The molecule has 6 nitrogen and oxygen atoms in total. The largest absolute Gasteiger partial charge is 0.367 e. The van der Waals surface area contributed by atoms with Gasteiger partial charge in [-0.25, -0.2) is 8.42 Å². The third-order valence-corrected chi connectivity index (χ3v) is 7.94. The molecule has 30 heavy (non-hydrogen) atoms. The predicted molar refractivity (Wildman–Crippen MR) is 114 cm³/mol. The number of likely N-dealkylation sites (tertiary alicyclic amines) is 1. The molecule has 0 aromatic heterocycles. The molecule has 1 saturated heterocycles. The maximum atomic E-state index is 13.9. The Kier molecular flexibility index (Phi) is 4.50. The van der Waals surface area contributed by atoms with Gasteiger partial charge in [-0.15, -0.1) is 0 Å². The first-order valence-electron chi connectivity index (χ1n) is 10.3. The number of aryl methyl sites for hydroxylation is 1. The average Bonchev–Trinajstić information content (AvgIpc) is 3.30. The van der Waals surface area contributed by atoms with Crippen LogP contribution in [0.15, 0.2) is 59.1 Å². The molecule has 0 unspecified atom stereocenters. The summed E-state index contributed by atoms with van der Waals surface area (Å²) in [5.74, 6) is -0.967. The van der Waals surface area contributed by atoms with Crippen molar-refractivity contribution < 1.29 is 18.0 Å². The number of ketones is 2. The van der Waals surface area contributed by atoms with Crippen molar-refractivity contribution in [2.24, 2.45) is 0 Å². The minimum absolute atomic E-state index is 0.0410. The Labute approximate surface area is 175 Å². The second kappa shape index (κ2) is 7.09. The Hall–Kier alpha value is -2.93. The van der Waals surface area contributed by atoms with Gasteiger partial charge in [-0.1, -0.05) is 42.5 Å². The van der Waals surface area contributed by atoms with Crippen molar-refractivity contribution in [3.63, 3.8) is 0 Å². The lowest BCUT2D eigenvalue weighted by Gasteiger charge is -2.34. The number of hydrogen-bond acceptors (Lipinski definition) is 5. The highest BCUT2D eigenvalue weighted by Crippen LogP contribution is 2.38. The van der Waals surface area contributed by atoms with Crippen LogP contribution in [0.3, 0.4) is 0 Å². The summed E-state index contributed by atoms with van der Waals surface area (Å²) in [5, 5.41) is 0. The predicted octanol–water partition coefficient (Wildman–Crippen LogP) is 3.16. The average molecular weight is 423 g/mol. The Morgan fingerprint density at radius 3 is 2.10 bits per heavy atom. The van der Waals surface area contributed by atoms with E-state index in [1.54, 1.807) is 35.2 Å². The first kappa shape index (κ1) is 19.1. The molecule has 0 N–H and O–H groups in total. The van der Waals surface area contributed by atoms with Gasteiger partial charge in [0.1, 0.15) is 5.70 Å². The fourth-order valence-electron chi connectivity index (χ4n) is 4.67. The van der Waals surface area contributed by atoms with Crippen molar-refractivity contribution in [1.29, 1.82) is 0 Å². The van der Waals surface area contributed by atoms with Gasteiger partial charge >= 0.3 is 0 Å². The van der Waals surface area contributed by atoms with Crippen LogP contribution in [0.25, 0.3) is 0 Å². The number of carbonyl (C=O) groups excluding carboxylic acids is 2. The zero-order valence-corrected chi connectivity index (χ0v) is 17.3. The molecule has 5 rings (SSSR count). The Balaban J connectivity index is 1.73. The number of fused-ring (bicyclic) bond motifs is 2. The fourth-order valence-corrected chi connectivity index (χ4v) is 6.50. The van der Waals surface area contributed by atoms with Gasteiger partial charge in [0.25, 0.3) is 10.0 Å². The van der Waals surface area contributed by atoms with Crippen molar-refractivity contribution in [3.05, 3.63) is 75.8 Å². The Morgan fingerprint density at radius 1 is 0.733 bits per heavy atom. The molecule has 0 radical (unpaired) electrons. The molecule has 7 heteroatoms. The molecular weight excluding hydrogens is 400 g/mol. The maximum Gasteiger partial charge on any atom is 0.270 e. The summed E-state index contributed by atoms with van der Waals surface area (Å²) in [4.78, 5) is 28.3. The van der Waals surface area contributed by atoms with E-state index in [1.807, 2.05) is 12.1 Å². The molecule has 0 atom stereocenters. The number of rotatable bonds is 3. The summed E-state index contributed by atoms with van der Waals surface area (Å²) >= 11 is 0. The zero-order valence-electron chi connectivity index (χ0n) is 16.5. The van der Waals surface area contributed by atoms with Crippen molar-refractivity contribution >= 4 is 27.3 Å². The molecular formula is C23H22N2O4S. The maximum absolute atomic E-state index is 13.9. The van der Waals surface area contributed by atoms with E-state index in [0.29, 0.717) is 31.7 Å². The van der Waals surface area contributed by atoms with Gasteiger partial charge in [0.15, 0.2) is 4.91 Å². The standard InChI is InChI=1S/C23H22N2O4S/c26-21-17-10-2-3-11-18(17)22(27)23(20(21)24-13-5-6-14-24)30(28,29)25-15-7-9-16-8-1-4-12-19(16)25/h1-4,8,10-12H,5-7,9,13-15H2. The highest BCUT2D eigenvalue weighted by Gasteiger charge is 2.44. The van der Waals surface area contributed by atoms with Gasteiger partial charge in [0.05, 0.1) is 5.69 Å². The Bertz CT molecular complexity index is 1190. The molecule has 1 aliphatic carbocycles. The fraction of sp³-hybridized carbons (Fsp3) is 0.304. The van der Waals surface area contributed by atoms with Crippen molar-refractivity contribution in [2.45, 2.75) is 25.7 Å². The number of Topliss-reactive ketones (excluding diaryl/α,β-unsaturated/α-hetero) is 2. The molecule has 154 valence electrons. The number of benzene rings is 2. The molecule has 0 amide bonds. The first-order chi connectivity index (χ1) is 14.5. The summed E-state index contributed by atoms with van der Waals surface area (Å²) < 4.78 is 29.1. The van der Waals surface area contributed by atoms with Crippen molar-refractivity contribution in [2.75, 3.05) is 23.9 Å². The molecule has 2 aromatic carbocycles. The van der Waals surface area contributed by atoms with Crippen LogP contribution >= 0.6 is 0 Å². The van der Waals surface area contributed by atoms with Gasteiger partial charge < -0.3 is 4.90 Å². The second-order valence-electron chi connectivity index (χ2n) is 7.89. The van der Waals surface area contributed by atoms with E-state index in [9.17, 15) is 18.0 Å². The molecule has 2 aromatic rings. The number of sulfonamides is 1. The van der Waals surface area contributed by atoms with Gasteiger partial charge in [-0.2, -0.15) is 0 Å². The Morgan fingerprint density at radius 2 is 1.37 bits per heavy atom. The van der Waals surface area contributed by atoms with Crippen LogP contribution in [0.5, 0.6) is 0 Å². The SMILES string of the molecule is O=C1C(N2CCCC2)=C(S(=O)(=O)N2CCCc3ccccc32)C(=O)c2ccccc21. The number of anilines is 1. The third-order valence-electron chi connectivity index (χ3n) is 6.09. The van der Waals surface area contributed by atoms with Crippen molar-refractivity contribution in [3.8, 4) is 0 Å². The number of allylic oxidation sites excluding steroid dienone is 2. The van der Waals surface area contributed by atoms with E-state index in [-0.39, 0.29) is 27.5 Å². The highest BCUT2D eigenvalue weighted by molar-refractivity contribution is 7.97. The third kappa shape index (κ3) is 2.80. The second-order valence-corrected chi connectivity index (χ2v) is 9.68. The van der Waals surface area contributed by atoms with E-state index >= 15 is 0 Å². The van der Waals surface area contributed by atoms with Crippen LogP contribution in [-0.2, 0) is 16.4 Å². The van der Waals surface area contributed by atoms with Crippen LogP contribution in [0.4, 0.5) is 5.69 Å². The normalized spacial score (nSPS) is 19.2. The lowest BCUT2D eigenvalue weighted by molar-refractivity contribution is 0.0953.